The highest BCUT2D eigenvalue weighted by atomic mass is 16.5. The average molecular weight is 463 g/mol. The number of nitrogens with zero attached hydrogens (tertiary/aromatic N) is 2. The third kappa shape index (κ3) is 6.81. The van der Waals surface area contributed by atoms with E-state index in [1.54, 1.807) is 24.3 Å². The molecule has 0 saturated carbocycles. The zero-order chi connectivity index (χ0) is 24.2. The molecule has 0 atom stereocenters. The predicted molar refractivity (Wildman–Crippen MR) is 131 cm³/mol. The Hall–Kier alpha value is -3.87. The third-order valence-corrected chi connectivity index (χ3v) is 5.29. The maximum absolute atomic E-state index is 12.9. The van der Waals surface area contributed by atoms with Gasteiger partial charge in [-0.1, -0.05) is 62.9 Å². The van der Waals surface area contributed by atoms with E-state index in [0.29, 0.717) is 11.5 Å². The summed E-state index contributed by atoms with van der Waals surface area (Å²) in [5.74, 6) is 0.331. The van der Waals surface area contributed by atoms with Gasteiger partial charge in [-0.05, 0) is 36.8 Å². The van der Waals surface area contributed by atoms with Crippen LogP contribution in [0.25, 0.3) is 0 Å². The van der Waals surface area contributed by atoms with Gasteiger partial charge in [0.15, 0.2) is 0 Å². The van der Waals surface area contributed by atoms with Crippen LogP contribution in [0.15, 0.2) is 73.1 Å². The molecule has 2 amide bonds. The summed E-state index contributed by atoms with van der Waals surface area (Å²) in [7, 11) is 0. The SMILES string of the molecule is CCCCCCCOc1ccccc1COc1ccccc1N(C(=O)O)C(=O)c1ccncc1. The minimum atomic E-state index is -1.40. The third-order valence-electron chi connectivity index (χ3n) is 5.29. The van der Waals surface area contributed by atoms with Crippen molar-refractivity contribution in [3.8, 4) is 11.5 Å². The van der Waals surface area contributed by atoms with Gasteiger partial charge < -0.3 is 14.6 Å². The first-order valence-electron chi connectivity index (χ1n) is 11.5. The summed E-state index contributed by atoms with van der Waals surface area (Å²) >= 11 is 0. The normalized spacial score (nSPS) is 10.5. The van der Waals surface area contributed by atoms with E-state index in [4.69, 9.17) is 9.47 Å². The van der Waals surface area contributed by atoms with Gasteiger partial charge in [0, 0.05) is 23.5 Å². The van der Waals surface area contributed by atoms with Crippen LogP contribution in [0.2, 0.25) is 0 Å². The van der Waals surface area contributed by atoms with Gasteiger partial charge >= 0.3 is 6.09 Å². The molecule has 1 aromatic heterocycles. The van der Waals surface area contributed by atoms with Crippen molar-refractivity contribution in [2.24, 2.45) is 0 Å². The predicted octanol–water partition coefficient (Wildman–Crippen LogP) is 6.33. The molecular formula is C27H30N2O5. The lowest BCUT2D eigenvalue weighted by molar-refractivity contribution is 0.0982. The van der Waals surface area contributed by atoms with E-state index in [1.165, 1.54) is 43.8 Å². The average Bonchev–Trinajstić information content (AvgIpc) is 2.86. The number of aromatic nitrogens is 1. The minimum absolute atomic E-state index is 0.145. The molecule has 0 fully saturated rings. The van der Waals surface area contributed by atoms with Crippen molar-refractivity contribution in [3.05, 3.63) is 84.2 Å². The highest BCUT2D eigenvalue weighted by molar-refractivity contribution is 6.19. The fraction of sp³-hybridized carbons (Fsp3) is 0.296. The zero-order valence-corrected chi connectivity index (χ0v) is 19.4. The summed E-state index contributed by atoms with van der Waals surface area (Å²) in [5.41, 5.74) is 1.20. The summed E-state index contributed by atoms with van der Waals surface area (Å²) < 4.78 is 12.0. The number of anilines is 1. The van der Waals surface area contributed by atoms with Crippen LogP contribution < -0.4 is 14.4 Å². The second-order valence-corrected chi connectivity index (χ2v) is 7.79. The standard InChI is InChI=1S/C27H30N2O5/c1-2-3-4-5-10-19-33-24-13-8-6-11-22(24)20-34-25-14-9-7-12-23(25)29(27(31)32)26(30)21-15-17-28-18-16-21/h6-9,11-18H,2-5,10,19-20H2,1H3,(H,31,32). The van der Waals surface area contributed by atoms with Gasteiger partial charge in [-0.2, -0.15) is 0 Å². The number of para-hydroxylation sites is 3. The van der Waals surface area contributed by atoms with Gasteiger partial charge in [0.1, 0.15) is 18.1 Å². The highest BCUT2D eigenvalue weighted by Crippen LogP contribution is 2.31. The van der Waals surface area contributed by atoms with E-state index in [1.807, 2.05) is 24.3 Å². The molecule has 178 valence electrons. The van der Waals surface area contributed by atoms with Crippen LogP contribution in [0.4, 0.5) is 10.5 Å². The molecule has 0 bridgehead atoms. The Kier molecular flexibility index (Phi) is 9.46. The molecule has 3 aromatic rings. The van der Waals surface area contributed by atoms with Crippen molar-refractivity contribution in [3.63, 3.8) is 0 Å². The smallest absolute Gasteiger partial charge is 0.419 e. The largest absolute Gasteiger partial charge is 0.493 e. The maximum atomic E-state index is 12.9. The fourth-order valence-corrected chi connectivity index (χ4v) is 3.49. The number of amides is 2. The van der Waals surface area contributed by atoms with Gasteiger partial charge in [0.25, 0.3) is 5.91 Å². The molecule has 0 aliphatic carbocycles. The van der Waals surface area contributed by atoms with E-state index in [2.05, 4.69) is 11.9 Å². The number of benzene rings is 2. The minimum Gasteiger partial charge on any atom is -0.493 e. The van der Waals surface area contributed by atoms with Crippen LogP contribution in [-0.2, 0) is 6.61 Å². The second-order valence-electron chi connectivity index (χ2n) is 7.79. The first kappa shape index (κ1) is 24.8. The monoisotopic (exact) mass is 462 g/mol. The van der Waals surface area contributed by atoms with E-state index in [9.17, 15) is 14.7 Å². The number of unbranched alkanes of at least 4 members (excludes halogenated alkanes) is 4. The van der Waals surface area contributed by atoms with E-state index >= 15 is 0 Å². The molecule has 7 heteroatoms. The van der Waals surface area contributed by atoms with E-state index < -0.39 is 12.0 Å². The van der Waals surface area contributed by atoms with Gasteiger partial charge in [-0.25, -0.2) is 9.69 Å². The lowest BCUT2D eigenvalue weighted by Gasteiger charge is -2.21. The number of rotatable bonds is 12. The van der Waals surface area contributed by atoms with Crippen LogP contribution in [0.5, 0.6) is 11.5 Å². The Balaban J connectivity index is 1.72. The Morgan fingerprint density at radius 3 is 2.26 bits per heavy atom. The molecule has 0 aliphatic rings. The lowest BCUT2D eigenvalue weighted by Crippen LogP contribution is -2.36. The Morgan fingerprint density at radius 2 is 1.53 bits per heavy atom. The van der Waals surface area contributed by atoms with Crippen molar-refractivity contribution < 1.29 is 24.2 Å². The quantitative estimate of drug-likeness (QED) is 0.316. The van der Waals surface area contributed by atoms with E-state index in [0.717, 1.165) is 24.2 Å². The van der Waals surface area contributed by atoms with Crippen molar-refractivity contribution in [2.75, 3.05) is 11.5 Å². The van der Waals surface area contributed by atoms with Crippen LogP contribution in [0.3, 0.4) is 0 Å². The summed E-state index contributed by atoms with van der Waals surface area (Å²) in [6, 6.07) is 17.1. The topological polar surface area (TPSA) is 89.0 Å². The highest BCUT2D eigenvalue weighted by Gasteiger charge is 2.27. The zero-order valence-electron chi connectivity index (χ0n) is 19.4. The Morgan fingerprint density at radius 1 is 0.853 bits per heavy atom. The molecule has 0 radical (unpaired) electrons. The van der Waals surface area contributed by atoms with Gasteiger partial charge in [-0.3, -0.25) is 9.78 Å². The van der Waals surface area contributed by atoms with Crippen LogP contribution in [-0.4, -0.2) is 28.7 Å². The Bertz CT molecular complexity index is 1070. The Labute approximate surface area is 200 Å². The lowest BCUT2D eigenvalue weighted by atomic mass is 10.1. The molecule has 7 nitrogen and oxygen atoms in total. The first-order valence-corrected chi connectivity index (χ1v) is 11.5. The number of hydrogen-bond donors (Lipinski definition) is 1. The first-order chi connectivity index (χ1) is 16.6. The van der Waals surface area contributed by atoms with Crippen molar-refractivity contribution in [1.29, 1.82) is 0 Å². The molecule has 1 N–H and O–H groups in total. The number of carbonyl (C=O) groups is 2. The summed E-state index contributed by atoms with van der Waals surface area (Å²) in [6.45, 7) is 2.99. The van der Waals surface area contributed by atoms with Gasteiger partial charge in [-0.15, -0.1) is 0 Å². The molecule has 0 unspecified atom stereocenters. The summed E-state index contributed by atoms with van der Waals surface area (Å²) in [4.78, 5) is 29.5. The molecule has 0 saturated heterocycles. The number of ether oxygens (including phenoxy) is 2. The number of carbonyl (C=O) groups excluding carboxylic acids is 1. The van der Waals surface area contributed by atoms with Gasteiger partial charge in [0.05, 0.1) is 12.3 Å². The van der Waals surface area contributed by atoms with E-state index in [-0.39, 0.29) is 23.6 Å². The van der Waals surface area contributed by atoms with Crippen molar-refractivity contribution in [2.45, 2.75) is 45.6 Å². The second kappa shape index (κ2) is 13.0. The summed E-state index contributed by atoms with van der Waals surface area (Å²) in [6.07, 6.45) is 7.26. The van der Waals surface area contributed by atoms with Crippen LogP contribution >= 0.6 is 0 Å². The molecular weight excluding hydrogens is 432 g/mol. The number of pyridine rings is 1. The van der Waals surface area contributed by atoms with Crippen LogP contribution in [0.1, 0.15) is 54.9 Å². The summed E-state index contributed by atoms with van der Waals surface area (Å²) in [5, 5.41) is 9.80. The molecule has 0 aliphatic heterocycles. The maximum Gasteiger partial charge on any atom is 0.419 e. The fourth-order valence-electron chi connectivity index (χ4n) is 3.49. The number of carboxylic acid groups (broad SMARTS) is 1. The molecule has 1 heterocycles. The van der Waals surface area contributed by atoms with Crippen molar-refractivity contribution in [1.82, 2.24) is 4.98 Å². The number of hydrogen-bond acceptors (Lipinski definition) is 5. The number of imide groups is 1. The molecule has 34 heavy (non-hydrogen) atoms. The molecule has 3 rings (SSSR count). The molecule has 0 spiro atoms. The van der Waals surface area contributed by atoms with Crippen molar-refractivity contribution >= 4 is 17.7 Å². The van der Waals surface area contributed by atoms with Gasteiger partial charge in [0.2, 0.25) is 0 Å². The van der Waals surface area contributed by atoms with Crippen LogP contribution in [0, 0.1) is 0 Å². The molecule has 2 aromatic carbocycles.